The Bertz CT molecular complexity index is 557. The number of rotatable bonds is 15. The van der Waals surface area contributed by atoms with Gasteiger partial charge in [0.25, 0.3) is 0 Å². The number of aliphatic carboxylic acids is 1. The number of carboxylic acids is 1. The second-order valence-corrected chi connectivity index (χ2v) is 7.22. The quantitative estimate of drug-likeness (QED) is 0.263. The highest BCUT2D eigenvalue weighted by molar-refractivity contribution is 8.00. The monoisotopic (exact) mass is 419 g/mol. The van der Waals surface area contributed by atoms with E-state index in [1.807, 2.05) is 13.8 Å². The number of ether oxygens (including phenoxy) is 1. The van der Waals surface area contributed by atoms with Gasteiger partial charge in [-0.2, -0.15) is 0 Å². The second kappa shape index (κ2) is 14.9. The van der Waals surface area contributed by atoms with Gasteiger partial charge < -0.3 is 30.6 Å². The van der Waals surface area contributed by atoms with Crippen molar-refractivity contribution in [2.75, 3.05) is 25.4 Å². The molecule has 0 aromatic carbocycles. The summed E-state index contributed by atoms with van der Waals surface area (Å²) in [5.41, 5.74) is -0.168. The summed E-state index contributed by atoms with van der Waals surface area (Å²) in [6.07, 6.45) is 0.913. The van der Waals surface area contributed by atoms with Crippen molar-refractivity contribution in [3.63, 3.8) is 0 Å². The highest BCUT2D eigenvalue weighted by atomic mass is 32.2. The average molecular weight is 420 g/mol. The Morgan fingerprint density at radius 3 is 2.32 bits per heavy atom. The first-order chi connectivity index (χ1) is 13.1. The zero-order valence-electron chi connectivity index (χ0n) is 16.4. The van der Waals surface area contributed by atoms with Crippen LogP contribution >= 0.6 is 11.8 Å². The standard InChI is InChI=1S/C17H29N3O7S/c1-4-27-12(3)28-10-15(23)20-13(7-5-6-11(2)21)17(26)19-8-14(22)18-9-16(24)25/h12-13H,4-10H2,1-3H3,(H,18,22)(H,19,26)(H,20,23)(H,24,25). The highest BCUT2D eigenvalue weighted by Crippen LogP contribution is 2.11. The summed E-state index contributed by atoms with van der Waals surface area (Å²) >= 11 is 1.28. The Hall–Kier alpha value is -2.14. The molecule has 0 fully saturated rings. The first-order valence-electron chi connectivity index (χ1n) is 8.93. The molecule has 11 heteroatoms. The first-order valence-corrected chi connectivity index (χ1v) is 9.98. The molecule has 10 nitrogen and oxygen atoms in total. The van der Waals surface area contributed by atoms with Crippen LogP contribution in [-0.4, -0.2) is 71.5 Å². The molecule has 0 radical (unpaired) electrons. The van der Waals surface area contributed by atoms with Gasteiger partial charge in [0.05, 0.1) is 12.3 Å². The van der Waals surface area contributed by atoms with Gasteiger partial charge in [0.15, 0.2) is 0 Å². The van der Waals surface area contributed by atoms with E-state index >= 15 is 0 Å². The lowest BCUT2D eigenvalue weighted by Gasteiger charge is -2.19. The molecule has 0 aliphatic carbocycles. The van der Waals surface area contributed by atoms with Gasteiger partial charge in [-0.25, -0.2) is 0 Å². The van der Waals surface area contributed by atoms with E-state index in [4.69, 9.17) is 9.84 Å². The van der Waals surface area contributed by atoms with E-state index in [9.17, 15) is 24.0 Å². The molecule has 0 heterocycles. The molecule has 0 aromatic heterocycles. The number of amides is 3. The van der Waals surface area contributed by atoms with Crippen LogP contribution in [0.2, 0.25) is 0 Å². The number of hydrogen-bond donors (Lipinski definition) is 4. The predicted octanol–water partition coefficient (Wildman–Crippen LogP) is -0.337. The molecule has 3 amide bonds. The van der Waals surface area contributed by atoms with Crippen LogP contribution in [0.4, 0.5) is 0 Å². The van der Waals surface area contributed by atoms with Gasteiger partial charge in [0, 0.05) is 13.0 Å². The van der Waals surface area contributed by atoms with Crippen LogP contribution in [0.15, 0.2) is 0 Å². The maximum absolute atomic E-state index is 12.3. The van der Waals surface area contributed by atoms with Gasteiger partial charge in [0.2, 0.25) is 17.7 Å². The molecule has 4 N–H and O–H groups in total. The van der Waals surface area contributed by atoms with Gasteiger partial charge in [-0.15, -0.1) is 11.8 Å². The number of ketones is 1. The van der Waals surface area contributed by atoms with E-state index in [0.717, 1.165) is 0 Å². The summed E-state index contributed by atoms with van der Waals surface area (Å²) in [7, 11) is 0. The van der Waals surface area contributed by atoms with Gasteiger partial charge in [0.1, 0.15) is 23.8 Å². The number of carbonyl (C=O) groups excluding carboxylic acids is 4. The van der Waals surface area contributed by atoms with Crippen LogP contribution in [0, 0.1) is 0 Å². The molecule has 0 aliphatic heterocycles. The fourth-order valence-electron chi connectivity index (χ4n) is 2.06. The van der Waals surface area contributed by atoms with E-state index in [0.29, 0.717) is 13.0 Å². The number of carboxylic acid groups (broad SMARTS) is 1. The van der Waals surface area contributed by atoms with Gasteiger partial charge in [-0.3, -0.25) is 19.2 Å². The molecule has 160 valence electrons. The Balaban J connectivity index is 4.60. The van der Waals surface area contributed by atoms with Crippen molar-refractivity contribution >= 4 is 41.2 Å². The fourth-order valence-corrected chi connectivity index (χ4v) is 2.76. The summed E-state index contributed by atoms with van der Waals surface area (Å²) in [5, 5.41) is 15.6. The minimum absolute atomic E-state index is 0.0281. The molecular weight excluding hydrogens is 390 g/mol. The number of carbonyl (C=O) groups is 5. The summed E-state index contributed by atoms with van der Waals surface area (Å²) in [6.45, 7) is 4.65. The number of Topliss-reactive ketones (excluding diaryl/α,β-unsaturated/α-hetero) is 1. The van der Waals surface area contributed by atoms with Crippen LogP contribution in [0.3, 0.4) is 0 Å². The van der Waals surface area contributed by atoms with Crippen LogP contribution in [0.1, 0.15) is 40.0 Å². The molecule has 0 saturated heterocycles. The van der Waals surface area contributed by atoms with Crippen LogP contribution < -0.4 is 16.0 Å². The third kappa shape index (κ3) is 14.0. The normalized spacial score (nSPS) is 12.5. The minimum Gasteiger partial charge on any atom is -0.480 e. The van der Waals surface area contributed by atoms with Crippen LogP contribution in [0.5, 0.6) is 0 Å². The van der Waals surface area contributed by atoms with Crippen molar-refractivity contribution < 1.29 is 33.8 Å². The maximum atomic E-state index is 12.3. The molecule has 0 bridgehead atoms. The lowest BCUT2D eigenvalue weighted by molar-refractivity contribution is -0.138. The van der Waals surface area contributed by atoms with Gasteiger partial charge in [-0.1, -0.05) is 0 Å². The predicted molar refractivity (Wildman–Crippen MR) is 104 cm³/mol. The summed E-state index contributed by atoms with van der Waals surface area (Å²) in [4.78, 5) is 57.4. The lowest BCUT2D eigenvalue weighted by atomic mass is 10.1. The lowest BCUT2D eigenvalue weighted by Crippen LogP contribution is -2.49. The van der Waals surface area contributed by atoms with Crippen molar-refractivity contribution in [3.8, 4) is 0 Å². The molecule has 0 saturated carbocycles. The Morgan fingerprint density at radius 1 is 1.07 bits per heavy atom. The molecule has 2 atom stereocenters. The Labute approximate surface area is 168 Å². The molecular formula is C17H29N3O7S. The molecule has 2 unspecified atom stereocenters. The molecule has 0 rings (SSSR count). The van der Waals surface area contributed by atoms with Gasteiger partial charge >= 0.3 is 5.97 Å². The van der Waals surface area contributed by atoms with Crippen molar-refractivity contribution in [2.45, 2.75) is 51.5 Å². The van der Waals surface area contributed by atoms with Crippen molar-refractivity contribution in [1.29, 1.82) is 0 Å². The van der Waals surface area contributed by atoms with E-state index < -0.39 is 36.9 Å². The molecule has 0 aliphatic rings. The summed E-state index contributed by atoms with van der Waals surface area (Å²) in [5.74, 6) is -2.74. The first kappa shape index (κ1) is 25.9. The van der Waals surface area contributed by atoms with Crippen LogP contribution in [-0.2, 0) is 28.7 Å². The van der Waals surface area contributed by atoms with Crippen molar-refractivity contribution in [1.82, 2.24) is 16.0 Å². The number of nitrogens with one attached hydrogen (secondary N) is 3. The third-order valence-electron chi connectivity index (χ3n) is 3.38. The number of hydrogen-bond acceptors (Lipinski definition) is 7. The maximum Gasteiger partial charge on any atom is 0.322 e. The van der Waals surface area contributed by atoms with E-state index in [1.165, 1.54) is 18.7 Å². The largest absolute Gasteiger partial charge is 0.480 e. The second-order valence-electron chi connectivity index (χ2n) is 5.94. The van der Waals surface area contributed by atoms with E-state index in [1.54, 1.807) is 0 Å². The van der Waals surface area contributed by atoms with Crippen molar-refractivity contribution in [2.24, 2.45) is 0 Å². The average Bonchev–Trinajstić information content (AvgIpc) is 2.61. The SMILES string of the molecule is CCOC(C)SCC(=O)NC(CCCC(C)=O)C(=O)NCC(=O)NCC(=O)O. The smallest absolute Gasteiger partial charge is 0.322 e. The van der Waals surface area contributed by atoms with Crippen LogP contribution in [0.25, 0.3) is 0 Å². The Kier molecular flexibility index (Phi) is 13.7. The van der Waals surface area contributed by atoms with Crippen molar-refractivity contribution in [3.05, 3.63) is 0 Å². The third-order valence-corrected chi connectivity index (χ3v) is 4.42. The van der Waals surface area contributed by atoms with E-state index in [2.05, 4.69) is 16.0 Å². The summed E-state index contributed by atoms with van der Waals surface area (Å²) in [6, 6.07) is -0.901. The molecule has 28 heavy (non-hydrogen) atoms. The topological polar surface area (TPSA) is 151 Å². The molecule has 0 aromatic rings. The van der Waals surface area contributed by atoms with E-state index in [-0.39, 0.29) is 35.7 Å². The van der Waals surface area contributed by atoms with Gasteiger partial charge in [-0.05, 0) is 33.6 Å². The fraction of sp³-hybridized carbons (Fsp3) is 0.706. The molecule has 0 spiro atoms. The highest BCUT2D eigenvalue weighted by Gasteiger charge is 2.21. The minimum atomic E-state index is -1.20. The zero-order chi connectivity index (χ0) is 21.5. The summed E-state index contributed by atoms with van der Waals surface area (Å²) < 4.78 is 5.32. The zero-order valence-corrected chi connectivity index (χ0v) is 17.2. The Morgan fingerprint density at radius 2 is 1.75 bits per heavy atom. The number of thioether (sulfide) groups is 1.